The van der Waals surface area contributed by atoms with Crippen LogP contribution in [-0.4, -0.2) is 23.8 Å². The molecule has 0 radical (unpaired) electrons. The van der Waals surface area contributed by atoms with E-state index in [-0.39, 0.29) is 23.8 Å². The van der Waals surface area contributed by atoms with E-state index >= 15 is 0 Å². The van der Waals surface area contributed by atoms with Crippen molar-refractivity contribution in [2.24, 2.45) is 4.99 Å². The normalized spacial score (nSPS) is 13.6. The molecule has 0 amide bonds. The van der Waals surface area contributed by atoms with E-state index < -0.39 is 4.92 Å². The number of nitrogen functional groups attached to an aromatic ring is 1. The number of nitro benzene ring substituents is 1. The number of hydrogen-bond acceptors (Lipinski definition) is 5. The van der Waals surface area contributed by atoms with Crippen molar-refractivity contribution in [1.82, 2.24) is 5.32 Å². The summed E-state index contributed by atoms with van der Waals surface area (Å²) in [4.78, 5) is 14.3. The molecule has 1 aliphatic heterocycles. The highest BCUT2D eigenvalue weighted by Gasteiger charge is 2.15. The Morgan fingerprint density at radius 2 is 2.25 bits per heavy atom. The number of anilines is 1. The molecule has 1 aromatic carbocycles. The number of halogens is 1. The molecule has 0 aromatic heterocycles. The molecule has 86 valence electrons. The first-order valence-electron chi connectivity index (χ1n) is 4.51. The molecular formula is C9H11ClN4O2. The van der Waals surface area contributed by atoms with Crippen LogP contribution in [0, 0.1) is 10.1 Å². The molecule has 0 spiro atoms. The number of nitrogens with one attached hydrogen (secondary N) is 1. The van der Waals surface area contributed by atoms with Crippen molar-refractivity contribution < 1.29 is 4.92 Å². The molecule has 6 nitrogen and oxygen atoms in total. The van der Waals surface area contributed by atoms with Gasteiger partial charge < -0.3 is 11.1 Å². The zero-order chi connectivity index (χ0) is 10.8. The van der Waals surface area contributed by atoms with Crippen LogP contribution in [0.5, 0.6) is 0 Å². The molecule has 0 atom stereocenters. The van der Waals surface area contributed by atoms with E-state index in [0.717, 1.165) is 6.54 Å². The van der Waals surface area contributed by atoms with Crippen molar-refractivity contribution in [1.29, 1.82) is 0 Å². The topological polar surface area (TPSA) is 93.5 Å². The first-order chi connectivity index (χ1) is 7.18. The highest BCUT2D eigenvalue weighted by Crippen LogP contribution is 2.22. The van der Waals surface area contributed by atoms with Crippen LogP contribution in [0.4, 0.5) is 11.4 Å². The third-order valence-electron chi connectivity index (χ3n) is 2.17. The Labute approximate surface area is 98.1 Å². The predicted molar refractivity (Wildman–Crippen MR) is 64.2 cm³/mol. The van der Waals surface area contributed by atoms with Crippen LogP contribution in [0.2, 0.25) is 0 Å². The maximum Gasteiger partial charge on any atom is 0.292 e. The van der Waals surface area contributed by atoms with Crippen molar-refractivity contribution in [2.75, 3.05) is 18.8 Å². The van der Waals surface area contributed by atoms with Crippen LogP contribution in [0.3, 0.4) is 0 Å². The van der Waals surface area contributed by atoms with E-state index in [1.54, 1.807) is 6.07 Å². The van der Waals surface area contributed by atoms with Gasteiger partial charge in [-0.2, -0.15) is 0 Å². The van der Waals surface area contributed by atoms with Gasteiger partial charge >= 0.3 is 0 Å². The lowest BCUT2D eigenvalue weighted by Gasteiger charge is -2.03. The molecule has 0 aliphatic carbocycles. The molecule has 0 saturated heterocycles. The highest BCUT2D eigenvalue weighted by atomic mass is 35.5. The minimum absolute atomic E-state index is 0. The number of benzene rings is 1. The summed E-state index contributed by atoms with van der Waals surface area (Å²) in [5, 5.41) is 13.7. The third kappa shape index (κ3) is 2.22. The SMILES string of the molecule is Cl.Nc1ccc(C2=NCCN2)cc1[N+](=O)[O-]. The summed E-state index contributed by atoms with van der Waals surface area (Å²) >= 11 is 0. The minimum Gasteiger partial charge on any atom is -0.393 e. The highest BCUT2D eigenvalue weighted by molar-refractivity contribution is 6.00. The molecule has 3 N–H and O–H groups in total. The number of rotatable bonds is 2. The molecule has 0 saturated carbocycles. The fraction of sp³-hybridized carbons (Fsp3) is 0.222. The summed E-state index contributed by atoms with van der Waals surface area (Å²) < 4.78 is 0. The average Bonchev–Trinajstić information content (AvgIpc) is 2.71. The van der Waals surface area contributed by atoms with Gasteiger partial charge in [0.25, 0.3) is 5.69 Å². The number of aliphatic imine (C=N–C) groups is 1. The lowest BCUT2D eigenvalue weighted by atomic mass is 10.1. The van der Waals surface area contributed by atoms with Crippen molar-refractivity contribution in [3.05, 3.63) is 33.9 Å². The predicted octanol–water partition coefficient (Wildman–Crippen LogP) is 0.949. The fourth-order valence-corrected chi connectivity index (χ4v) is 1.44. The monoisotopic (exact) mass is 242 g/mol. The van der Waals surface area contributed by atoms with Crippen LogP contribution >= 0.6 is 12.4 Å². The van der Waals surface area contributed by atoms with Crippen LogP contribution in [-0.2, 0) is 0 Å². The second-order valence-electron chi connectivity index (χ2n) is 3.19. The van der Waals surface area contributed by atoms with E-state index in [9.17, 15) is 10.1 Å². The van der Waals surface area contributed by atoms with Gasteiger partial charge in [0.2, 0.25) is 0 Å². The number of amidine groups is 1. The summed E-state index contributed by atoms with van der Waals surface area (Å²) in [6, 6.07) is 4.68. The van der Waals surface area contributed by atoms with E-state index in [0.29, 0.717) is 17.9 Å². The Morgan fingerprint density at radius 1 is 1.50 bits per heavy atom. The molecule has 1 aromatic rings. The van der Waals surface area contributed by atoms with Gasteiger partial charge in [-0.25, -0.2) is 0 Å². The van der Waals surface area contributed by atoms with Gasteiger partial charge in [0, 0.05) is 18.2 Å². The molecule has 7 heteroatoms. The van der Waals surface area contributed by atoms with Crippen LogP contribution in [0.25, 0.3) is 0 Å². The molecule has 0 unspecified atom stereocenters. The van der Waals surface area contributed by atoms with Crippen molar-refractivity contribution >= 4 is 29.6 Å². The molecule has 2 rings (SSSR count). The largest absolute Gasteiger partial charge is 0.393 e. The Kier molecular flexibility index (Phi) is 3.68. The number of hydrogen-bond donors (Lipinski definition) is 2. The van der Waals surface area contributed by atoms with Gasteiger partial charge in [-0.15, -0.1) is 12.4 Å². The van der Waals surface area contributed by atoms with Crippen LogP contribution in [0.1, 0.15) is 5.56 Å². The minimum atomic E-state index is -0.492. The summed E-state index contributed by atoms with van der Waals surface area (Å²) in [5.41, 5.74) is 6.28. The summed E-state index contributed by atoms with van der Waals surface area (Å²) in [5.74, 6) is 0.693. The Morgan fingerprint density at radius 3 is 2.81 bits per heavy atom. The number of nitro groups is 1. The quantitative estimate of drug-likeness (QED) is 0.459. The maximum absolute atomic E-state index is 10.7. The maximum atomic E-state index is 10.7. The first kappa shape index (κ1) is 12.3. The van der Waals surface area contributed by atoms with Gasteiger partial charge in [-0.1, -0.05) is 0 Å². The number of nitrogens with zero attached hydrogens (tertiary/aromatic N) is 2. The third-order valence-corrected chi connectivity index (χ3v) is 2.17. The van der Waals surface area contributed by atoms with Crippen LogP contribution < -0.4 is 11.1 Å². The van der Waals surface area contributed by atoms with Crippen molar-refractivity contribution in [2.45, 2.75) is 0 Å². The Hall–Kier alpha value is -1.82. The summed E-state index contributed by atoms with van der Waals surface area (Å²) in [6.07, 6.45) is 0. The zero-order valence-corrected chi connectivity index (χ0v) is 9.16. The number of nitrogens with two attached hydrogens (primary N) is 1. The van der Waals surface area contributed by atoms with Gasteiger partial charge in [-0.05, 0) is 12.1 Å². The first-order valence-corrected chi connectivity index (χ1v) is 4.51. The summed E-state index contributed by atoms with van der Waals surface area (Å²) in [7, 11) is 0. The molecule has 1 aliphatic rings. The molecular weight excluding hydrogens is 232 g/mol. The lowest BCUT2D eigenvalue weighted by Crippen LogP contribution is -2.19. The van der Waals surface area contributed by atoms with E-state index in [1.165, 1.54) is 12.1 Å². The smallest absolute Gasteiger partial charge is 0.292 e. The standard InChI is InChI=1S/C9H10N4O2.ClH/c10-7-2-1-6(5-8(7)13(14)15)9-11-3-4-12-9;/h1-2,5H,3-4,10H2,(H,11,12);1H. The van der Waals surface area contributed by atoms with Gasteiger partial charge in [-0.3, -0.25) is 15.1 Å². The van der Waals surface area contributed by atoms with Gasteiger partial charge in [0.1, 0.15) is 11.5 Å². The molecule has 16 heavy (non-hydrogen) atoms. The Balaban J connectivity index is 0.00000128. The van der Waals surface area contributed by atoms with E-state index in [1.807, 2.05) is 0 Å². The summed E-state index contributed by atoms with van der Waals surface area (Å²) in [6.45, 7) is 1.47. The molecule has 0 bridgehead atoms. The van der Waals surface area contributed by atoms with E-state index in [2.05, 4.69) is 10.3 Å². The van der Waals surface area contributed by atoms with Crippen molar-refractivity contribution in [3.8, 4) is 0 Å². The fourth-order valence-electron chi connectivity index (χ4n) is 1.44. The molecule has 1 heterocycles. The van der Waals surface area contributed by atoms with Crippen molar-refractivity contribution in [3.63, 3.8) is 0 Å². The molecule has 0 fully saturated rings. The van der Waals surface area contributed by atoms with Gasteiger partial charge in [0.05, 0.1) is 11.5 Å². The van der Waals surface area contributed by atoms with E-state index in [4.69, 9.17) is 5.73 Å². The Bertz CT molecular complexity index is 447. The van der Waals surface area contributed by atoms with Gasteiger partial charge in [0.15, 0.2) is 0 Å². The average molecular weight is 243 g/mol. The van der Waals surface area contributed by atoms with Crippen LogP contribution in [0.15, 0.2) is 23.2 Å². The second kappa shape index (κ2) is 4.80. The second-order valence-corrected chi connectivity index (χ2v) is 3.19. The lowest BCUT2D eigenvalue weighted by molar-refractivity contribution is -0.383. The zero-order valence-electron chi connectivity index (χ0n) is 8.34.